The highest BCUT2D eigenvalue weighted by atomic mass is 16.5. The Balaban J connectivity index is 1.63. The van der Waals surface area contributed by atoms with E-state index in [2.05, 4.69) is 5.32 Å². The zero-order chi connectivity index (χ0) is 24.4. The smallest absolute Gasteiger partial charge is 0.339 e. The van der Waals surface area contributed by atoms with Crippen LogP contribution in [0.2, 0.25) is 0 Å². The summed E-state index contributed by atoms with van der Waals surface area (Å²) >= 11 is 0. The zero-order valence-electron chi connectivity index (χ0n) is 18.8. The highest BCUT2D eigenvalue weighted by Gasteiger charge is 2.34. The molecule has 34 heavy (non-hydrogen) atoms. The van der Waals surface area contributed by atoms with Gasteiger partial charge in [0.2, 0.25) is 6.10 Å². The van der Waals surface area contributed by atoms with Crippen LogP contribution in [0.25, 0.3) is 0 Å². The first kappa shape index (κ1) is 22.7. The summed E-state index contributed by atoms with van der Waals surface area (Å²) in [5.41, 5.74) is 2.20. The average molecular weight is 458 g/mol. The van der Waals surface area contributed by atoms with Gasteiger partial charge >= 0.3 is 5.97 Å². The molecule has 0 spiro atoms. The number of hydrogen-bond donors (Lipinski definition) is 1. The van der Waals surface area contributed by atoms with E-state index in [1.165, 1.54) is 32.4 Å². The minimum absolute atomic E-state index is 0.0528. The summed E-state index contributed by atoms with van der Waals surface area (Å²) in [5.74, 6) is -1.86. The summed E-state index contributed by atoms with van der Waals surface area (Å²) in [5, 5.41) is 2.77. The molecule has 4 rings (SSSR count). The van der Waals surface area contributed by atoms with Gasteiger partial charge in [0.05, 0.1) is 29.5 Å². The number of ether oxygens (including phenoxy) is 2. The Morgan fingerprint density at radius 2 is 1.62 bits per heavy atom. The summed E-state index contributed by atoms with van der Waals surface area (Å²) in [6.07, 6.45) is -1.27. The van der Waals surface area contributed by atoms with Crippen LogP contribution in [0.3, 0.4) is 0 Å². The molecule has 172 valence electrons. The van der Waals surface area contributed by atoms with E-state index in [0.29, 0.717) is 17.0 Å². The van der Waals surface area contributed by atoms with Gasteiger partial charge in [-0.05, 0) is 42.8 Å². The quantitative estimate of drug-likeness (QED) is 0.446. The van der Waals surface area contributed by atoms with Gasteiger partial charge in [-0.1, -0.05) is 36.4 Å². The topological polar surface area (TPSA) is 102 Å². The van der Waals surface area contributed by atoms with E-state index in [9.17, 15) is 19.2 Å². The number of fused-ring (bicyclic) bond motifs is 1. The van der Waals surface area contributed by atoms with E-state index in [1.54, 1.807) is 42.5 Å². The maximum Gasteiger partial charge on any atom is 0.339 e. The fourth-order valence-electron chi connectivity index (χ4n) is 3.68. The molecule has 0 bridgehead atoms. The molecule has 1 aliphatic heterocycles. The van der Waals surface area contributed by atoms with Crippen molar-refractivity contribution in [1.29, 1.82) is 0 Å². The van der Waals surface area contributed by atoms with Gasteiger partial charge in [-0.3, -0.25) is 19.3 Å². The number of carbonyl (C=O) groups is 4. The van der Waals surface area contributed by atoms with Gasteiger partial charge in [-0.2, -0.15) is 0 Å². The van der Waals surface area contributed by atoms with Gasteiger partial charge in [-0.25, -0.2) is 4.79 Å². The molecule has 0 aliphatic carbocycles. The van der Waals surface area contributed by atoms with Crippen LogP contribution in [-0.4, -0.2) is 42.7 Å². The van der Waals surface area contributed by atoms with Crippen molar-refractivity contribution in [3.8, 4) is 5.75 Å². The first-order valence-corrected chi connectivity index (χ1v) is 10.5. The summed E-state index contributed by atoms with van der Waals surface area (Å²) < 4.78 is 10.9. The lowest BCUT2D eigenvalue weighted by Gasteiger charge is -2.19. The molecule has 0 radical (unpaired) electrons. The molecular formula is C26H22N2O6. The number of amides is 3. The van der Waals surface area contributed by atoms with Gasteiger partial charge in [0.15, 0.2) is 0 Å². The third-order valence-electron chi connectivity index (χ3n) is 5.50. The number of hydrogen-bond acceptors (Lipinski definition) is 6. The van der Waals surface area contributed by atoms with Gasteiger partial charge in [0.1, 0.15) is 5.75 Å². The number of carbonyl (C=O) groups excluding carboxylic acids is 4. The van der Waals surface area contributed by atoms with Crippen LogP contribution >= 0.6 is 0 Å². The van der Waals surface area contributed by atoms with Crippen molar-refractivity contribution in [2.45, 2.75) is 13.0 Å². The van der Waals surface area contributed by atoms with Crippen molar-refractivity contribution < 1.29 is 28.7 Å². The van der Waals surface area contributed by atoms with Crippen LogP contribution in [0, 0.1) is 6.92 Å². The van der Waals surface area contributed by atoms with Crippen LogP contribution in [-0.2, 0) is 9.53 Å². The highest BCUT2D eigenvalue weighted by molar-refractivity contribution is 6.21. The van der Waals surface area contributed by atoms with Gasteiger partial charge < -0.3 is 14.8 Å². The minimum atomic E-state index is -1.27. The summed E-state index contributed by atoms with van der Waals surface area (Å²) in [7, 11) is 2.87. The largest absolute Gasteiger partial charge is 0.495 e. The third kappa shape index (κ3) is 4.25. The molecule has 0 unspecified atom stereocenters. The number of benzene rings is 3. The lowest BCUT2D eigenvalue weighted by molar-refractivity contribution is -0.125. The molecule has 1 N–H and O–H groups in total. The second-order valence-corrected chi connectivity index (χ2v) is 7.82. The predicted molar refractivity (Wildman–Crippen MR) is 124 cm³/mol. The van der Waals surface area contributed by atoms with Crippen molar-refractivity contribution >= 4 is 29.4 Å². The summed E-state index contributed by atoms with van der Waals surface area (Å²) in [6.45, 7) is 1.88. The van der Waals surface area contributed by atoms with Crippen LogP contribution in [0.4, 0.5) is 5.69 Å². The van der Waals surface area contributed by atoms with E-state index in [-0.39, 0.29) is 16.7 Å². The van der Waals surface area contributed by atoms with Crippen molar-refractivity contribution in [2.75, 3.05) is 19.5 Å². The van der Waals surface area contributed by atoms with E-state index in [4.69, 9.17) is 9.47 Å². The van der Waals surface area contributed by atoms with Crippen LogP contribution in [0.1, 0.15) is 48.3 Å². The summed E-state index contributed by atoms with van der Waals surface area (Å²) in [6, 6.07) is 18.0. The Kier molecular flexibility index (Phi) is 6.14. The van der Waals surface area contributed by atoms with Crippen LogP contribution in [0.15, 0.2) is 66.7 Å². The summed E-state index contributed by atoms with van der Waals surface area (Å²) in [4.78, 5) is 51.6. The monoisotopic (exact) mass is 458 g/mol. The number of rotatable bonds is 6. The standard InChI is InChI=1S/C26H22N2O6/c1-15-9-12-21(33-3)20(13-15)27-23(29)22(16-7-5-4-6-8-16)34-26(32)17-10-11-18-19(14-17)25(31)28(2)24(18)30/h4-14,22H,1-3H3,(H,27,29)/t22-/m0/s1. The molecule has 0 saturated heterocycles. The Labute approximate surface area is 196 Å². The maximum atomic E-state index is 13.2. The van der Waals surface area contributed by atoms with Crippen molar-refractivity contribution in [3.05, 3.63) is 94.5 Å². The number of esters is 1. The number of nitrogens with one attached hydrogen (secondary N) is 1. The maximum absolute atomic E-state index is 13.2. The number of imide groups is 1. The first-order chi connectivity index (χ1) is 16.3. The van der Waals surface area contributed by atoms with Crippen LogP contribution < -0.4 is 10.1 Å². The molecular weight excluding hydrogens is 436 g/mol. The molecule has 8 nitrogen and oxygen atoms in total. The Hall–Kier alpha value is -4.46. The molecule has 3 aromatic rings. The Bertz CT molecular complexity index is 1300. The third-order valence-corrected chi connectivity index (χ3v) is 5.50. The highest BCUT2D eigenvalue weighted by Crippen LogP contribution is 2.29. The van der Waals surface area contributed by atoms with E-state index >= 15 is 0 Å². The molecule has 1 atom stereocenters. The SMILES string of the molecule is COc1ccc(C)cc1NC(=O)[C@@H](OC(=O)c1ccc2c(c1)C(=O)N(C)C2=O)c1ccccc1. The van der Waals surface area contributed by atoms with E-state index < -0.39 is 29.8 Å². The van der Waals surface area contributed by atoms with Crippen molar-refractivity contribution in [3.63, 3.8) is 0 Å². The Morgan fingerprint density at radius 3 is 2.32 bits per heavy atom. The number of methoxy groups -OCH3 is 1. The molecule has 3 amide bonds. The molecule has 8 heteroatoms. The molecule has 1 aliphatic rings. The van der Waals surface area contributed by atoms with E-state index in [0.717, 1.165) is 10.5 Å². The lowest BCUT2D eigenvalue weighted by Crippen LogP contribution is -2.26. The van der Waals surface area contributed by atoms with E-state index in [1.807, 2.05) is 13.0 Å². The molecule has 0 fully saturated rings. The molecule has 0 saturated carbocycles. The van der Waals surface area contributed by atoms with Crippen molar-refractivity contribution in [2.24, 2.45) is 0 Å². The second kappa shape index (κ2) is 9.19. The Morgan fingerprint density at radius 1 is 0.912 bits per heavy atom. The fraction of sp³-hybridized carbons (Fsp3) is 0.154. The number of aryl methyl sites for hydroxylation is 1. The molecule has 0 aromatic heterocycles. The minimum Gasteiger partial charge on any atom is -0.495 e. The lowest BCUT2D eigenvalue weighted by atomic mass is 10.1. The predicted octanol–water partition coefficient (Wildman–Crippen LogP) is 3.77. The number of nitrogens with zero attached hydrogens (tertiary/aromatic N) is 1. The van der Waals surface area contributed by atoms with Crippen molar-refractivity contribution in [1.82, 2.24) is 4.90 Å². The zero-order valence-corrected chi connectivity index (χ0v) is 18.8. The van der Waals surface area contributed by atoms with Gasteiger partial charge in [0, 0.05) is 12.6 Å². The first-order valence-electron chi connectivity index (χ1n) is 10.5. The van der Waals surface area contributed by atoms with Gasteiger partial charge in [0.25, 0.3) is 17.7 Å². The number of anilines is 1. The molecule has 1 heterocycles. The van der Waals surface area contributed by atoms with Crippen LogP contribution in [0.5, 0.6) is 5.75 Å². The van der Waals surface area contributed by atoms with Gasteiger partial charge in [-0.15, -0.1) is 0 Å². The molecule has 3 aromatic carbocycles. The second-order valence-electron chi connectivity index (χ2n) is 7.82. The fourth-order valence-corrected chi connectivity index (χ4v) is 3.68. The average Bonchev–Trinajstić information content (AvgIpc) is 3.06. The normalized spacial score (nSPS) is 13.3.